The van der Waals surface area contributed by atoms with Gasteiger partial charge in [0.15, 0.2) is 0 Å². The molecule has 0 spiro atoms. The summed E-state index contributed by atoms with van der Waals surface area (Å²) in [4.78, 5) is 24.0. The van der Waals surface area contributed by atoms with Crippen LogP contribution in [0.2, 0.25) is 0 Å². The molecule has 0 fully saturated rings. The van der Waals surface area contributed by atoms with Crippen molar-refractivity contribution in [2.24, 2.45) is 14.1 Å². The van der Waals surface area contributed by atoms with Gasteiger partial charge in [-0.3, -0.25) is 13.9 Å². The first kappa shape index (κ1) is 13.2. The van der Waals surface area contributed by atoms with Crippen molar-refractivity contribution in [3.05, 3.63) is 58.4 Å². The molecule has 1 aromatic carbocycles. The summed E-state index contributed by atoms with van der Waals surface area (Å²) in [5.74, 6) is 0.487. The lowest BCUT2D eigenvalue weighted by Gasteiger charge is -2.04. The highest BCUT2D eigenvalue weighted by molar-refractivity contribution is 5.97. The first-order valence-corrected chi connectivity index (χ1v) is 6.54. The number of hydrogen-bond acceptors (Lipinski definition) is 3. The van der Waals surface area contributed by atoms with Crippen molar-refractivity contribution in [1.82, 2.24) is 14.5 Å². The lowest BCUT2D eigenvalue weighted by molar-refractivity contribution is 0.0948. The van der Waals surface area contributed by atoms with Crippen LogP contribution in [0.25, 0.3) is 11.0 Å². The summed E-state index contributed by atoms with van der Waals surface area (Å²) in [6.07, 6.45) is 1.56. The van der Waals surface area contributed by atoms with Gasteiger partial charge >= 0.3 is 5.69 Å². The maximum absolute atomic E-state index is 12.1. The molecule has 1 N–H and O–H groups in total. The van der Waals surface area contributed by atoms with Crippen molar-refractivity contribution in [1.29, 1.82) is 0 Å². The lowest BCUT2D eigenvalue weighted by Crippen LogP contribution is -2.22. The van der Waals surface area contributed by atoms with E-state index in [0.29, 0.717) is 17.9 Å². The summed E-state index contributed by atoms with van der Waals surface area (Å²) < 4.78 is 8.25. The van der Waals surface area contributed by atoms with E-state index in [1.165, 1.54) is 4.57 Å². The van der Waals surface area contributed by atoms with E-state index in [2.05, 4.69) is 5.32 Å². The van der Waals surface area contributed by atoms with Gasteiger partial charge in [0.05, 0.1) is 23.8 Å². The van der Waals surface area contributed by atoms with Gasteiger partial charge in [-0.05, 0) is 30.3 Å². The van der Waals surface area contributed by atoms with Crippen molar-refractivity contribution in [3.8, 4) is 0 Å². The van der Waals surface area contributed by atoms with Crippen LogP contribution in [0.4, 0.5) is 0 Å². The molecule has 6 heteroatoms. The molecular formula is C15H15N3O3. The lowest BCUT2D eigenvalue weighted by atomic mass is 10.2. The normalized spacial score (nSPS) is 11.0. The van der Waals surface area contributed by atoms with E-state index in [1.807, 2.05) is 0 Å². The fourth-order valence-electron chi connectivity index (χ4n) is 2.33. The Morgan fingerprint density at radius 2 is 1.95 bits per heavy atom. The van der Waals surface area contributed by atoms with Gasteiger partial charge in [-0.2, -0.15) is 0 Å². The molecule has 0 unspecified atom stereocenters. The largest absolute Gasteiger partial charge is 0.467 e. The third-order valence-corrected chi connectivity index (χ3v) is 3.54. The van der Waals surface area contributed by atoms with E-state index < -0.39 is 0 Å². The third-order valence-electron chi connectivity index (χ3n) is 3.54. The molecule has 0 radical (unpaired) electrons. The maximum atomic E-state index is 12.1. The van der Waals surface area contributed by atoms with Gasteiger partial charge in [-0.15, -0.1) is 0 Å². The molecule has 0 aliphatic carbocycles. The van der Waals surface area contributed by atoms with E-state index in [-0.39, 0.29) is 11.6 Å². The molecule has 108 valence electrons. The summed E-state index contributed by atoms with van der Waals surface area (Å²) >= 11 is 0. The van der Waals surface area contributed by atoms with E-state index >= 15 is 0 Å². The highest BCUT2D eigenvalue weighted by atomic mass is 16.3. The van der Waals surface area contributed by atoms with E-state index in [4.69, 9.17) is 4.42 Å². The van der Waals surface area contributed by atoms with E-state index in [1.54, 1.807) is 55.3 Å². The van der Waals surface area contributed by atoms with Gasteiger partial charge in [0.1, 0.15) is 5.76 Å². The highest BCUT2D eigenvalue weighted by Gasteiger charge is 2.12. The van der Waals surface area contributed by atoms with Crippen molar-refractivity contribution >= 4 is 16.9 Å². The Balaban J connectivity index is 1.88. The Kier molecular flexibility index (Phi) is 3.13. The minimum atomic E-state index is -0.204. The van der Waals surface area contributed by atoms with Crippen LogP contribution in [-0.2, 0) is 20.6 Å². The molecule has 3 aromatic rings. The summed E-state index contributed by atoms with van der Waals surface area (Å²) in [6, 6.07) is 8.77. The minimum Gasteiger partial charge on any atom is -0.467 e. The van der Waals surface area contributed by atoms with Crippen molar-refractivity contribution in [2.75, 3.05) is 0 Å². The highest BCUT2D eigenvalue weighted by Crippen LogP contribution is 2.14. The Morgan fingerprint density at radius 3 is 2.67 bits per heavy atom. The Morgan fingerprint density at radius 1 is 1.19 bits per heavy atom. The molecule has 0 atom stereocenters. The van der Waals surface area contributed by atoms with Gasteiger partial charge < -0.3 is 9.73 Å². The number of furan rings is 1. The Bertz CT molecular complexity index is 856. The smallest absolute Gasteiger partial charge is 0.328 e. The number of carbonyl (C=O) groups is 1. The zero-order chi connectivity index (χ0) is 15.0. The molecule has 2 aromatic heterocycles. The number of aryl methyl sites for hydroxylation is 2. The van der Waals surface area contributed by atoms with Gasteiger partial charge in [0.2, 0.25) is 0 Å². The summed E-state index contributed by atoms with van der Waals surface area (Å²) in [5, 5.41) is 2.78. The number of carbonyl (C=O) groups excluding carboxylic acids is 1. The summed E-state index contributed by atoms with van der Waals surface area (Å²) in [5.41, 5.74) is 1.92. The molecule has 21 heavy (non-hydrogen) atoms. The zero-order valence-electron chi connectivity index (χ0n) is 11.8. The van der Waals surface area contributed by atoms with Crippen LogP contribution < -0.4 is 11.0 Å². The number of imidazole rings is 1. The first-order chi connectivity index (χ1) is 10.1. The number of amides is 1. The molecule has 3 rings (SSSR count). The third kappa shape index (κ3) is 2.24. The number of hydrogen-bond donors (Lipinski definition) is 1. The molecule has 1 amide bonds. The van der Waals surface area contributed by atoms with Gasteiger partial charge in [0.25, 0.3) is 5.91 Å². The summed E-state index contributed by atoms with van der Waals surface area (Å²) in [6.45, 7) is 0.331. The van der Waals surface area contributed by atoms with Gasteiger partial charge in [-0.1, -0.05) is 0 Å². The van der Waals surface area contributed by atoms with Crippen LogP contribution in [0, 0.1) is 0 Å². The second kappa shape index (κ2) is 4.97. The second-order valence-corrected chi connectivity index (χ2v) is 4.87. The quantitative estimate of drug-likeness (QED) is 0.791. The van der Waals surface area contributed by atoms with Crippen LogP contribution >= 0.6 is 0 Å². The fraction of sp³-hybridized carbons (Fsp3) is 0.200. The zero-order valence-corrected chi connectivity index (χ0v) is 11.8. The molecule has 0 aliphatic heterocycles. The van der Waals surface area contributed by atoms with E-state index in [0.717, 1.165) is 11.0 Å². The topological polar surface area (TPSA) is 69.2 Å². The van der Waals surface area contributed by atoms with Crippen LogP contribution in [-0.4, -0.2) is 15.0 Å². The van der Waals surface area contributed by atoms with Gasteiger partial charge in [0, 0.05) is 19.7 Å². The van der Waals surface area contributed by atoms with E-state index in [9.17, 15) is 9.59 Å². The molecule has 0 saturated carbocycles. The molecule has 6 nitrogen and oxygen atoms in total. The first-order valence-electron chi connectivity index (χ1n) is 6.54. The summed E-state index contributed by atoms with van der Waals surface area (Å²) in [7, 11) is 3.40. The van der Waals surface area contributed by atoms with Crippen LogP contribution in [0.1, 0.15) is 16.1 Å². The number of rotatable bonds is 3. The number of benzene rings is 1. The number of aromatic nitrogens is 2. The number of nitrogens with one attached hydrogen (secondary N) is 1. The predicted octanol–water partition coefficient (Wildman–Crippen LogP) is 1.40. The molecule has 0 bridgehead atoms. The average molecular weight is 285 g/mol. The van der Waals surface area contributed by atoms with Crippen LogP contribution in [0.5, 0.6) is 0 Å². The van der Waals surface area contributed by atoms with Crippen molar-refractivity contribution < 1.29 is 9.21 Å². The molecular weight excluding hydrogens is 270 g/mol. The van der Waals surface area contributed by atoms with Crippen LogP contribution in [0.3, 0.4) is 0 Å². The fourth-order valence-corrected chi connectivity index (χ4v) is 2.33. The Labute approximate surface area is 120 Å². The monoisotopic (exact) mass is 285 g/mol. The number of fused-ring (bicyclic) bond motifs is 1. The second-order valence-electron chi connectivity index (χ2n) is 4.87. The minimum absolute atomic E-state index is 0.113. The predicted molar refractivity (Wildman–Crippen MR) is 78.0 cm³/mol. The van der Waals surface area contributed by atoms with Crippen molar-refractivity contribution in [2.45, 2.75) is 6.54 Å². The molecule has 0 aliphatic rings. The standard InChI is InChI=1S/C15H15N3O3/c1-17-12-6-5-10(8-13(12)18(2)15(17)20)14(19)16-9-11-4-3-7-21-11/h3-8H,9H2,1-2H3,(H,16,19). The van der Waals surface area contributed by atoms with Gasteiger partial charge in [-0.25, -0.2) is 4.79 Å². The maximum Gasteiger partial charge on any atom is 0.328 e. The van der Waals surface area contributed by atoms with Crippen LogP contribution in [0.15, 0.2) is 45.8 Å². The number of nitrogens with zero attached hydrogens (tertiary/aromatic N) is 2. The molecule has 0 saturated heterocycles. The average Bonchev–Trinajstić information content (AvgIpc) is 3.09. The SMILES string of the molecule is Cn1c(=O)n(C)c2cc(C(=O)NCc3ccco3)ccc21. The Hall–Kier alpha value is -2.76. The van der Waals surface area contributed by atoms with Crippen molar-refractivity contribution in [3.63, 3.8) is 0 Å². The molecule has 2 heterocycles.